The molecule has 124 heavy (non-hydrogen) atoms. The van der Waals surface area contributed by atoms with Crippen molar-refractivity contribution < 1.29 is 83.2 Å². The number of alkyl halides is 3. The number of nitrogens with zero attached hydrogens (tertiary/aromatic N) is 3. The van der Waals surface area contributed by atoms with Gasteiger partial charge in [-0.05, 0) is 304 Å². The van der Waals surface area contributed by atoms with Gasteiger partial charge in [-0.1, -0.05) is 53.4 Å². The number of aromatic nitrogens is 2. The molecule has 677 valence electrons. The molecule has 8 aromatic carbocycles. The summed E-state index contributed by atoms with van der Waals surface area (Å²) in [6.07, 6.45) is 6.70. The first-order valence-electron chi connectivity index (χ1n) is 38.8. The number of halogens is 9. The first kappa shape index (κ1) is 110. The van der Waals surface area contributed by atoms with Gasteiger partial charge in [0, 0.05) is 71.3 Å². The quantitative estimate of drug-likeness (QED) is 0.0118. The Morgan fingerprint density at radius 3 is 1.42 bits per heavy atom. The second-order valence-electron chi connectivity index (χ2n) is 27.1. The molecule has 1 amide bonds. The predicted octanol–water partition coefficient (Wildman–Crippen LogP) is 23.2. The molecule has 9 aromatic rings. The molecule has 1 aromatic heterocycles. The van der Waals surface area contributed by atoms with Crippen molar-refractivity contribution >= 4 is 191 Å². The van der Waals surface area contributed by atoms with Crippen molar-refractivity contribution in [2.24, 2.45) is 10.0 Å². The minimum atomic E-state index is -1.00. The van der Waals surface area contributed by atoms with Crippen LogP contribution in [-0.4, -0.2) is 132 Å². The van der Waals surface area contributed by atoms with Crippen LogP contribution in [0.4, 0.5) is 37.5 Å². The number of benzene rings is 8. The molecule has 0 saturated heterocycles. The van der Waals surface area contributed by atoms with E-state index in [0.29, 0.717) is 68.8 Å². The maximum atomic E-state index is 12.8. The zero-order valence-electron chi connectivity index (χ0n) is 76.1. The number of thiol groups is 1. The number of aryl methyl sites for hydroxylation is 7. The van der Waals surface area contributed by atoms with E-state index in [0.717, 1.165) is 166 Å². The van der Waals surface area contributed by atoms with Crippen LogP contribution in [0.25, 0.3) is 0 Å². The number of nitrogen functional groups attached to an aromatic ring is 3. The van der Waals surface area contributed by atoms with Crippen molar-refractivity contribution in [2.45, 2.75) is 140 Å². The second-order valence-corrected chi connectivity index (χ2v) is 33.2. The number of ether oxygens (including phenoxy) is 10. The molecule has 0 unspecified atom stereocenters. The fourth-order valence-corrected chi connectivity index (χ4v) is 18.1. The summed E-state index contributed by atoms with van der Waals surface area (Å²) >= 11 is 25.9. The SMILES string of the molecule is COC(=O)c1c(C)cc(Br)c(OC)c1C.COC(=O)c1c(C)cc(Br)c(OC)c1CBr.COc1c(Br)cc(C)c(C(=O)O)c1C.COc1c(Br)cc(C)c(I)c1C.COc1c(Br)cc(C)c(N)c1C.COc1c(Nc2ncnc(N)c2C)cc(C)c2c1C1(CCCCC1)NC2=O.COc1ccc(C)c(N)c1C.COc1ccc(CN)cc1.[2H]CF.[2H]CF.[B]=NS. The van der Waals surface area contributed by atoms with Gasteiger partial charge in [-0.25, -0.2) is 24.4 Å². The van der Waals surface area contributed by atoms with E-state index in [1.165, 1.54) is 48.8 Å². The zero-order chi connectivity index (χ0) is 96.5. The van der Waals surface area contributed by atoms with Crippen molar-refractivity contribution in [3.63, 3.8) is 0 Å². The van der Waals surface area contributed by atoms with Crippen LogP contribution in [0, 0.1) is 93.6 Å². The first-order chi connectivity index (χ1) is 59.5. The van der Waals surface area contributed by atoms with Gasteiger partial charge in [0.25, 0.3) is 5.91 Å². The number of hydrogen-bond acceptors (Lipinski definition) is 23. The number of esters is 2. The number of carbonyl (C=O) groups excluding carboxylic acids is 3. The van der Waals surface area contributed by atoms with Crippen molar-refractivity contribution in [1.82, 2.24) is 15.3 Å². The molecule has 11 N–H and O–H groups in total. The molecule has 2 aliphatic rings. The topological polar surface area (TPSA) is 347 Å². The third kappa shape index (κ3) is 30.6. The molecule has 35 heteroatoms. The van der Waals surface area contributed by atoms with E-state index in [4.69, 9.17) is 78.2 Å². The summed E-state index contributed by atoms with van der Waals surface area (Å²) in [4.78, 5) is 55.3. The molecule has 0 atom stereocenters. The Labute approximate surface area is 802 Å². The summed E-state index contributed by atoms with van der Waals surface area (Å²) < 4.78 is 90.8. The second kappa shape index (κ2) is 56.9. The van der Waals surface area contributed by atoms with E-state index in [1.807, 2.05) is 123 Å². The zero-order valence-corrected chi connectivity index (χ0v) is 86.7. The van der Waals surface area contributed by atoms with Crippen LogP contribution in [0.1, 0.15) is 165 Å². The average Bonchev–Trinajstić information content (AvgIpc) is 1.57. The third-order valence-electron chi connectivity index (χ3n) is 19.4. The van der Waals surface area contributed by atoms with Crippen LogP contribution in [-0.2, 0) is 26.9 Å². The number of anilines is 5. The molecule has 11 rings (SSSR count). The van der Waals surface area contributed by atoms with Gasteiger partial charge >= 0.3 is 42.7 Å². The number of hydrogen-bond donors (Lipinski definition) is 8. The average molecular weight is 2240 g/mol. The molecule has 1 saturated carbocycles. The number of carbonyl (C=O) groups is 4. The van der Waals surface area contributed by atoms with Gasteiger partial charge in [-0.3, -0.25) is 13.6 Å². The van der Waals surface area contributed by atoms with Crippen LogP contribution in [0.5, 0.6) is 46.0 Å². The minimum absolute atomic E-state index is 0.00305. The van der Waals surface area contributed by atoms with Gasteiger partial charge in [0.05, 0.1) is 144 Å². The van der Waals surface area contributed by atoms with Crippen molar-refractivity contribution in [1.29, 1.82) is 0 Å². The molecule has 1 aliphatic carbocycles. The molecule has 1 radical (unpaired) electrons. The first-order valence-corrected chi connectivity index (χ1v) is 44.0. The Balaban J connectivity index is 0.000000724. The summed E-state index contributed by atoms with van der Waals surface area (Å²) in [5, 5.41) is 16.1. The standard InChI is InChI=1S/C20H25N5O2.C11H12Br2O3.C11H13BrO3.C10H11BrO3.C9H10BrIO.C9H12BrNO.C9H13NO.C8H11NO.2CH3F.BHNS/c1-11-9-13(24-18-12(2)17(21)22-10-23-18)16(27-3)15-14(11)19(26)25-20(15)7-5-4-6-8-20;1-6-4-8(13)10(15-2)7(5-12)9(6)11(14)16-3;1-6-5-8(12)10(14-3)7(2)9(6)11(13)15-4;1-5-4-7(11)9(14-3)6(2)8(5)10(12)13;2*1-5-4-7(10)9(12-3)6(2)8(5)11;1-6-4-5-8(11-3)7(2)9(6)10;1-10-8-4-2-7(6-9)3-5-8;2*1-2;1-2-3/h9-10H,4-8H2,1-3H3,(H,25,26)(H3,21,22,23,24);4H,5H2,1-3H3;5H,1-4H3;4H,1-3H3,(H,12,13);4H,1-3H3;4H,11H2,1-3H3;4-5H,10H2,1-3H3;2-5H,6,9H2,1H3;2*1H3;3H/i;;;;;;;;2*1D;. The third-order valence-corrected chi connectivity index (χ3v) is 24.6. The van der Waals surface area contributed by atoms with Crippen LogP contribution in [0.3, 0.4) is 0 Å². The normalized spacial score (nSPS) is 11.4. The molecule has 1 aliphatic heterocycles. The predicted molar refractivity (Wildman–Crippen MR) is 529 cm³/mol. The maximum absolute atomic E-state index is 12.8. The van der Waals surface area contributed by atoms with Gasteiger partial charge in [0.15, 0.2) is 0 Å². The molecule has 1 fully saturated rings. The number of methoxy groups -OCH3 is 10. The fraction of sp³-hybridized carbons (Fsp3) is 0.371. The van der Waals surface area contributed by atoms with Crippen LogP contribution in [0.2, 0.25) is 0 Å². The summed E-state index contributed by atoms with van der Waals surface area (Å²) in [5.41, 5.74) is 42.3. The molecule has 2 heterocycles. The summed E-state index contributed by atoms with van der Waals surface area (Å²) in [6.45, 7) is 25.5. The summed E-state index contributed by atoms with van der Waals surface area (Å²) in [6, 6.07) is 23.0. The van der Waals surface area contributed by atoms with Crippen molar-refractivity contribution in [3.05, 3.63) is 216 Å². The van der Waals surface area contributed by atoms with Gasteiger partial charge in [0.1, 0.15) is 64.0 Å². The Morgan fingerprint density at radius 2 is 0.976 bits per heavy atom. The fourth-order valence-electron chi connectivity index (χ4n) is 13.2. The van der Waals surface area contributed by atoms with Gasteiger partial charge in [-0.2, -0.15) is 0 Å². The van der Waals surface area contributed by atoms with Crippen LogP contribution >= 0.6 is 131 Å². The Morgan fingerprint density at radius 1 is 0.556 bits per heavy atom. The molecule has 0 bridgehead atoms. The van der Waals surface area contributed by atoms with Gasteiger partial charge in [0.2, 0.25) is 0 Å². The number of aromatic carboxylic acids is 1. The monoisotopic (exact) mass is 2230 g/mol. The Bertz CT molecular complexity index is 5070. The van der Waals surface area contributed by atoms with E-state index in [-0.39, 0.29) is 23.4 Å². The Hall–Kier alpha value is -8.04. The van der Waals surface area contributed by atoms with Crippen LogP contribution < -0.4 is 71.5 Å². The van der Waals surface area contributed by atoms with E-state index in [9.17, 15) is 28.0 Å². The van der Waals surface area contributed by atoms with E-state index in [2.05, 4.69) is 183 Å². The molecule has 24 nitrogen and oxygen atoms in total. The number of nitrogens with one attached hydrogen (secondary N) is 2. The van der Waals surface area contributed by atoms with E-state index >= 15 is 0 Å². The number of rotatable bonds is 15. The summed E-state index contributed by atoms with van der Waals surface area (Å²) in [5.74, 6) is 5.54. The molecular weight excluding hydrogens is 2120 g/mol. The van der Waals surface area contributed by atoms with Gasteiger partial charge < -0.3 is 86.0 Å². The van der Waals surface area contributed by atoms with E-state index in [1.54, 1.807) is 69.7 Å². The number of amides is 1. The molecule has 1 spiro atoms. The number of nitrogens with two attached hydrogens (primary N) is 4. The van der Waals surface area contributed by atoms with E-state index < -0.39 is 20.3 Å². The van der Waals surface area contributed by atoms with Crippen molar-refractivity contribution in [2.75, 3.05) is 108 Å². The van der Waals surface area contributed by atoms with Crippen molar-refractivity contribution in [3.8, 4) is 46.0 Å². The summed E-state index contributed by atoms with van der Waals surface area (Å²) in [7, 11) is 18.0. The number of fused-ring (bicyclic) bond motifs is 2. The van der Waals surface area contributed by atoms with Gasteiger partial charge in [-0.15, -0.1) is 0 Å². The number of carboxylic acid groups (broad SMARTS) is 1. The number of carboxylic acids is 1. The molecular formula is C89H114BBr6F2IN9O15S. The van der Waals surface area contributed by atoms with Crippen LogP contribution in [0.15, 0.2) is 106 Å². The Kier molecular flexibility index (Phi) is 50.6.